The molecule has 120 valence electrons. The van der Waals surface area contributed by atoms with Crippen molar-refractivity contribution in [2.75, 3.05) is 0 Å². The molecule has 2 N–H and O–H groups in total. The molecule has 0 atom stereocenters. The highest BCUT2D eigenvalue weighted by Crippen LogP contribution is 2.23. The molecule has 2 heterocycles. The lowest BCUT2D eigenvalue weighted by Gasteiger charge is -2.28. The van der Waals surface area contributed by atoms with Crippen LogP contribution in [0.5, 0.6) is 6.01 Å². The van der Waals surface area contributed by atoms with E-state index in [1.807, 2.05) is 18.2 Å². The fourth-order valence-corrected chi connectivity index (χ4v) is 2.72. The Bertz CT molecular complexity index is 657. The SMILES string of the molecule is O=C(O)NC1CCC(Oc2nccc(-c3cccnc3)n2)CC1. The van der Waals surface area contributed by atoms with Crippen LogP contribution in [-0.4, -0.2) is 38.3 Å². The molecular formula is C16H18N4O3. The largest absolute Gasteiger partial charge is 0.465 e. The summed E-state index contributed by atoms with van der Waals surface area (Å²) in [5, 5.41) is 11.3. The van der Waals surface area contributed by atoms with Crippen molar-refractivity contribution in [1.29, 1.82) is 0 Å². The standard InChI is InChI=1S/C16H18N4O3/c21-16(22)19-12-3-5-13(6-4-12)23-15-18-9-7-14(20-15)11-2-1-8-17-10-11/h1-2,7-10,12-13,19H,3-6H2,(H,21,22). The minimum absolute atomic E-state index is 0.00926. The van der Waals surface area contributed by atoms with E-state index in [4.69, 9.17) is 9.84 Å². The Hall–Kier alpha value is -2.70. The first kappa shape index (κ1) is 15.2. The zero-order valence-electron chi connectivity index (χ0n) is 12.6. The summed E-state index contributed by atoms with van der Waals surface area (Å²) in [6, 6.07) is 5.96. The Morgan fingerprint density at radius 1 is 1.22 bits per heavy atom. The van der Waals surface area contributed by atoms with E-state index in [0.717, 1.165) is 36.9 Å². The van der Waals surface area contributed by atoms with Crippen molar-refractivity contribution in [2.24, 2.45) is 0 Å². The third-order valence-corrected chi connectivity index (χ3v) is 3.86. The molecule has 0 saturated heterocycles. The Labute approximate surface area is 133 Å². The van der Waals surface area contributed by atoms with E-state index in [0.29, 0.717) is 6.01 Å². The van der Waals surface area contributed by atoms with Crippen LogP contribution in [0.4, 0.5) is 4.79 Å². The fourth-order valence-electron chi connectivity index (χ4n) is 2.72. The fraction of sp³-hybridized carbons (Fsp3) is 0.375. The van der Waals surface area contributed by atoms with Crippen molar-refractivity contribution in [3.8, 4) is 17.3 Å². The first-order valence-corrected chi connectivity index (χ1v) is 7.60. The average Bonchev–Trinajstić information content (AvgIpc) is 2.57. The third-order valence-electron chi connectivity index (χ3n) is 3.86. The van der Waals surface area contributed by atoms with Gasteiger partial charge in [-0.25, -0.2) is 9.78 Å². The first-order chi connectivity index (χ1) is 11.2. The number of carboxylic acid groups (broad SMARTS) is 1. The van der Waals surface area contributed by atoms with Gasteiger partial charge in [-0.05, 0) is 43.9 Å². The summed E-state index contributed by atoms with van der Waals surface area (Å²) in [5.74, 6) is 0. The highest BCUT2D eigenvalue weighted by Gasteiger charge is 2.24. The molecule has 3 rings (SSSR count). The summed E-state index contributed by atoms with van der Waals surface area (Å²) in [5.41, 5.74) is 1.68. The van der Waals surface area contributed by atoms with Crippen molar-refractivity contribution >= 4 is 6.09 Å². The molecule has 1 fully saturated rings. The van der Waals surface area contributed by atoms with Crippen LogP contribution < -0.4 is 10.1 Å². The van der Waals surface area contributed by atoms with Gasteiger partial charge in [-0.2, -0.15) is 4.98 Å². The lowest BCUT2D eigenvalue weighted by atomic mass is 9.93. The Balaban J connectivity index is 1.60. The van der Waals surface area contributed by atoms with Gasteiger partial charge in [-0.3, -0.25) is 4.98 Å². The van der Waals surface area contributed by atoms with E-state index in [1.165, 1.54) is 0 Å². The van der Waals surface area contributed by atoms with E-state index in [1.54, 1.807) is 18.6 Å². The molecule has 23 heavy (non-hydrogen) atoms. The van der Waals surface area contributed by atoms with Crippen LogP contribution >= 0.6 is 0 Å². The van der Waals surface area contributed by atoms with Gasteiger partial charge in [0.05, 0.1) is 5.69 Å². The quantitative estimate of drug-likeness (QED) is 0.900. The van der Waals surface area contributed by atoms with Crippen molar-refractivity contribution in [2.45, 2.75) is 37.8 Å². The number of hydrogen-bond acceptors (Lipinski definition) is 5. The average molecular weight is 314 g/mol. The second kappa shape index (κ2) is 7.04. The van der Waals surface area contributed by atoms with Gasteiger partial charge >= 0.3 is 12.1 Å². The zero-order chi connectivity index (χ0) is 16.1. The van der Waals surface area contributed by atoms with Crippen LogP contribution in [-0.2, 0) is 0 Å². The zero-order valence-corrected chi connectivity index (χ0v) is 12.6. The van der Waals surface area contributed by atoms with Gasteiger partial charge < -0.3 is 15.2 Å². The van der Waals surface area contributed by atoms with E-state index >= 15 is 0 Å². The van der Waals surface area contributed by atoms with E-state index in [9.17, 15) is 4.79 Å². The molecule has 0 unspecified atom stereocenters. The maximum Gasteiger partial charge on any atom is 0.404 e. The number of rotatable bonds is 4. The molecule has 1 saturated carbocycles. The molecule has 7 heteroatoms. The summed E-state index contributed by atoms with van der Waals surface area (Å²) >= 11 is 0. The topological polar surface area (TPSA) is 97.2 Å². The molecule has 0 spiro atoms. The minimum Gasteiger partial charge on any atom is -0.465 e. The Morgan fingerprint density at radius 2 is 2.04 bits per heavy atom. The number of pyridine rings is 1. The number of carbonyl (C=O) groups is 1. The van der Waals surface area contributed by atoms with E-state index < -0.39 is 6.09 Å². The van der Waals surface area contributed by atoms with Gasteiger partial charge in [0, 0.05) is 30.2 Å². The maximum absolute atomic E-state index is 10.6. The molecule has 7 nitrogen and oxygen atoms in total. The van der Waals surface area contributed by atoms with Gasteiger partial charge in [0.25, 0.3) is 0 Å². The number of aromatic nitrogens is 3. The van der Waals surface area contributed by atoms with Crippen molar-refractivity contribution in [3.63, 3.8) is 0 Å². The minimum atomic E-state index is -0.970. The number of amides is 1. The maximum atomic E-state index is 10.6. The molecule has 1 aliphatic rings. The predicted molar refractivity (Wildman–Crippen MR) is 83.1 cm³/mol. The number of nitrogens with zero attached hydrogens (tertiary/aromatic N) is 3. The van der Waals surface area contributed by atoms with Crippen LogP contribution in [0.25, 0.3) is 11.3 Å². The second-order valence-electron chi connectivity index (χ2n) is 5.51. The molecule has 0 aliphatic heterocycles. The number of hydrogen-bond donors (Lipinski definition) is 2. The summed E-state index contributed by atoms with van der Waals surface area (Å²) in [6.07, 6.45) is 7.27. The van der Waals surface area contributed by atoms with E-state index in [-0.39, 0.29) is 12.1 Å². The highest BCUT2D eigenvalue weighted by molar-refractivity contribution is 5.64. The van der Waals surface area contributed by atoms with Crippen LogP contribution in [0.2, 0.25) is 0 Å². The molecule has 0 aromatic carbocycles. The lowest BCUT2D eigenvalue weighted by molar-refractivity contribution is 0.124. The number of nitrogens with one attached hydrogen (secondary N) is 1. The van der Waals surface area contributed by atoms with Crippen LogP contribution in [0.1, 0.15) is 25.7 Å². The predicted octanol–water partition coefficient (Wildman–Crippen LogP) is 2.50. The number of ether oxygens (including phenoxy) is 1. The van der Waals surface area contributed by atoms with Gasteiger partial charge in [0.1, 0.15) is 6.10 Å². The monoisotopic (exact) mass is 314 g/mol. The summed E-state index contributed by atoms with van der Waals surface area (Å²) in [6.45, 7) is 0. The van der Waals surface area contributed by atoms with Gasteiger partial charge in [0.2, 0.25) is 0 Å². The Kier molecular flexibility index (Phi) is 4.65. The van der Waals surface area contributed by atoms with Gasteiger partial charge in [-0.15, -0.1) is 0 Å². The molecule has 0 bridgehead atoms. The van der Waals surface area contributed by atoms with Gasteiger partial charge in [0.15, 0.2) is 0 Å². The van der Waals surface area contributed by atoms with Gasteiger partial charge in [-0.1, -0.05) is 0 Å². The van der Waals surface area contributed by atoms with Crippen LogP contribution in [0, 0.1) is 0 Å². The lowest BCUT2D eigenvalue weighted by Crippen LogP contribution is -2.39. The van der Waals surface area contributed by atoms with Crippen molar-refractivity contribution in [3.05, 3.63) is 36.8 Å². The van der Waals surface area contributed by atoms with Crippen molar-refractivity contribution < 1.29 is 14.6 Å². The molecule has 0 radical (unpaired) electrons. The van der Waals surface area contributed by atoms with E-state index in [2.05, 4.69) is 20.3 Å². The summed E-state index contributed by atoms with van der Waals surface area (Å²) in [7, 11) is 0. The summed E-state index contributed by atoms with van der Waals surface area (Å²) < 4.78 is 5.85. The molecular weight excluding hydrogens is 296 g/mol. The normalized spacial score (nSPS) is 20.7. The van der Waals surface area contributed by atoms with Crippen LogP contribution in [0.15, 0.2) is 36.8 Å². The van der Waals surface area contributed by atoms with Crippen LogP contribution in [0.3, 0.4) is 0 Å². The molecule has 1 aliphatic carbocycles. The Morgan fingerprint density at radius 3 is 2.74 bits per heavy atom. The highest BCUT2D eigenvalue weighted by atomic mass is 16.5. The van der Waals surface area contributed by atoms with Crippen molar-refractivity contribution in [1.82, 2.24) is 20.3 Å². The third kappa shape index (κ3) is 4.15. The second-order valence-corrected chi connectivity index (χ2v) is 5.51. The summed E-state index contributed by atoms with van der Waals surface area (Å²) in [4.78, 5) is 23.3. The molecule has 2 aromatic rings. The molecule has 2 aromatic heterocycles. The smallest absolute Gasteiger partial charge is 0.404 e. The first-order valence-electron chi connectivity index (χ1n) is 7.60. The molecule has 1 amide bonds.